The summed E-state index contributed by atoms with van der Waals surface area (Å²) in [6.07, 6.45) is 20.0. The Hall–Kier alpha value is -3.55. The van der Waals surface area contributed by atoms with E-state index in [1.165, 1.54) is 81.9 Å². The van der Waals surface area contributed by atoms with Crippen molar-refractivity contribution in [1.29, 1.82) is 0 Å². The van der Waals surface area contributed by atoms with Gasteiger partial charge in [0.15, 0.2) is 17.5 Å². The summed E-state index contributed by atoms with van der Waals surface area (Å²) in [5.41, 5.74) is 17.8. The van der Waals surface area contributed by atoms with Gasteiger partial charge in [0.2, 0.25) is 0 Å². The van der Waals surface area contributed by atoms with E-state index in [0.29, 0.717) is 72.1 Å². The molecule has 1 aromatic carbocycles. The average molecular weight is 887 g/mol. The molecule has 3 aromatic rings. The summed E-state index contributed by atoms with van der Waals surface area (Å²) in [7, 11) is 1.71. The minimum absolute atomic E-state index is 0.0102. The first-order valence-corrected chi connectivity index (χ1v) is 25.1. The number of nitrogens with two attached hydrogens (primary N) is 2. The van der Waals surface area contributed by atoms with Crippen molar-refractivity contribution < 1.29 is 29.6 Å². The van der Waals surface area contributed by atoms with Crippen LogP contribution in [-0.4, -0.2) is 76.8 Å². The second-order valence-corrected chi connectivity index (χ2v) is 20.7. The van der Waals surface area contributed by atoms with Gasteiger partial charge in [-0.2, -0.15) is 0 Å². The fraction of sp³-hybridized carbons (Fsp3) is 0.712. The highest BCUT2D eigenvalue weighted by molar-refractivity contribution is 5.77. The maximum absolute atomic E-state index is 11.6. The Morgan fingerprint density at radius 3 is 2.59 bits per heavy atom. The van der Waals surface area contributed by atoms with Crippen LogP contribution in [0.15, 0.2) is 39.7 Å². The Morgan fingerprint density at radius 2 is 1.81 bits per heavy atom. The zero-order chi connectivity index (χ0) is 45.2. The molecule has 1 spiro atoms. The Labute approximate surface area is 382 Å². The zero-order valence-electron chi connectivity index (χ0n) is 39.3. The molecule has 11 N–H and O–H groups in total. The average Bonchev–Trinajstić information content (AvgIpc) is 4.11. The molecule has 4 aliphatic rings. The number of hydrogen-bond donors (Lipinski definition) is 9. The largest absolute Gasteiger partial charge is 0.504 e. The number of aromatic amines is 1. The van der Waals surface area contributed by atoms with Crippen LogP contribution < -0.4 is 26.8 Å². The highest BCUT2D eigenvalue weighted by Gasteiger charge is 2.51. The number of fused-ring (bicyclic) bond motifs is 3. The van der Waals surface area contributed by atoms with Crippen molar-refractivity contribution in [3.8, 4) is 11.5 Å². The lowest BCUT2D eigenvalue weighted by Gasteiger charge is -2.39. The number of aliphatic imine (C=N–C) groups is 1. The Morgan fingerprint density at radius 1 is 0.984 bits per heavy atom. The van der Waals surface area contributed by atoms with E-state index in [1.807, 2.05) is 25.1 Å². The van der Waals surface area contributed by atoms with Gasteiger partial charge in [0.05, 0.1) is 12.7 Å². The molecule has 9 atom stereocenters. The van der Waals surface area contributed by atoms with E-state index in [-0.39, 0.29) is 19.0 Å². The van der Waals surface area contributed by atoms with Crippen molar-refractivity contribution in [2.45, 2.75) is 167 Å². The molecular formula is C52H82N6O6. The standard InChI is InChI=1S/C52H82N6O6/c1-33(28-57-51(54)55-3)13-16-36-17-18-39(53)24-37(36)9-4-5-12-49-38(31-59)25-40(64-49)19-14-35-15-20-47(61)50(23-35)63-32-48(62)45-26-42-43(30-56-29-34(2)60)41-10-8-11-44(41)52(21-6-7-22-52)27-46(42)58-45/h15,20,23,25-26,33-34,36-37,39,41,43-44,48,56,58-62H,4-14,16-19,21-22,24,27-32,53H2,1-3H3,(H3,54,55,57)/t33-,34+,36-,37-,39-,41+,43+,44+,48+/m1/s1. The molecule has 3 saturated carbocycles. The van der Waals surface area contributed by atoms with Gasteiger partial charge < -0.3 is 56.7 Å². The van der Waals surface area contributed by atoms with E-state index in [9.17, 15) is 20.4 Å². The van der Waals surface area contributed by atoms with Crippen LogP contribution in [0.4, 0.5) is 0 Å². The monoisotopic (exact) mass is 887 g/mol. The SMILES string of the molecule is CN=C(N)NC[C@H](C)CC[C@@H]1CC[C@@H](N)C[C@H]1CCCCc1oc(CCc2ccc(O)c(OC[C@H](O)c3cc4c([nH]3)CC3(CCCC3)[C@H]3CCC[C@H]3[C@@H]4CNC[C@H](C)O)c2)cc1CO. The number of guanidine groups is 1. The zero-order valence-corrected chi connectivity index (χ0v) is 39.3. The second-order valence-electron chi connectivity index (χ2n) is 20.7. The number of nitrogens with one attached hydrogen (secondary N) is 3. The van der Waals surface area contributed by atoms with Crippen molar-refractivity contribution >= 4 is 5.96 Å². The highest BCUT2D eigenvalue weighted by Crippen LogP contribution is 2.60. The van der Waals surface area contributed by atoms with Gasteiger partial charge in [0.25, 0.3) is 0 Å². The van der Waals surface area contributed by atoms with E-state index in [2.05, 4.69) is 33.6 Å². The molecule has 4 aliphatic carbocycles. The summed E-state index contributed by atoms with van der Waals surface area (Å²) >= 11 is 0. The van der Waals surface area contributed by atoms with Crippen LogP contribution in [0.5, 0.6) is 11.5 Å². The van der Waals surface area contributed by atoms with Crippen LogP contribution in [0.3, 0.4) is 0 Å². The molecule has 0 bridgehead atoms. The van der Waals surface area contributed by atoms with Crippen LogP contribution in [0.1, 0.15) is 162 Å². The number of furan rings is 1. The van der Waals surface area contributed by atoms with Gasteiger partial charge in [-0.25, -0.2) is 0 Å². The number of aryl methyl sites for hydroxylation is 3. The molecule has 2 heterocycles. The predicted molar refractivity (Wildman–Crippen MR) is 254 cm³/mol. The van der Waals surface area contributed by atoms with Gasteiger partial charge in [-0.05, 0) is 154 Å². The molecule has 64 heavy (non-hydrogen) atoms. The first-order valence-electron chi connectivity index (χ1n) is 25.1. The Balaban J connectivity index is 0.911. The molecule has 0 radical (unpaired) electrons. The van der Waals surface area contributed by atoms with Crippen LogP contribution in [-0.2, 0) is 32.3 Å². The number of aromatic hydroxyl groups is 1. The number of aliphatic hydroxyl groups excluding tert-OH is 3. The maximum Gasteiger partial charge on any atom is 0.188 e. The summed E-state index contributed by atoms with van der Waals surface area (Å²) in [4.78, 5) is 7.70. The molecule has 12 heteroatoms. The smallest absolute Gasteiger partial charge is 0.188 e. The van der Waals surface area contributed by atoms with E-state index in [4.69, 9.17) is 20.6 Å². The molecular weight excluding hydrogens is 805 g/mol. The number of H-pyrrole nitrogens is 1. The van der Waals surface area contributed by atoms with E-state index < -0.39 is 12.2 Å². The van der Waals surface area contributed by atoms with Gasteiger partial charge in [0.1, 0.15) is 24.2 Å². The van der Waals surface area contributed by atoms with Crippen LogP contribution in [0.25, 0.3) is 0 Å². The third kappa shape index (κ3) is 12.3. The van der Waals surface area contributed by atoms with Crippen molar-refractivity contribution in [1.82, 2.24) is 15.6 Å². The van der Waals surface area contributed by atoms with Gasteiger partial charge >= 0.3 is 0 Å². The van der Waals surface area contributed by atoms with Crippen molar-refractivity contribution in [2.75, 3.05) is 33.3 Å². The topological polar surface area (TPSA) is 208 Å². The number of aromatic nitrogens is 1. The quantitative estimate of drug-likeness (QED) is 0.0273. The number of ether oxygens (including phenoxy) is 1. The highest BCUT2D eigenvalue weighted by atomic mass is 16.5. The van der Waals surface area contributed by atoms with Crippen LogP contribution in [0.2, 0.25) is 0 Å². The number of hydrogen-bond acceptors (Lipinski definition) is 9. The van der Waals surface area contributed by atoms with E-state index in [0.717, 1.165) is 85.9 Å². The van der Waals surface area contributed by atoms with Crippen molar-refractivity contribution in [3.63, 3.8) is 0 Å². The lowest BCUT2D eigenvalue weighted by molar-refractivity contribution is 0.101. The number of rotatable bonds is 22. The number of phenolic OH excluding ortho intramolecular Hbond substituents is 1. The van der Waals surface area contributed by atoms with Crippen molar-refractivity contribution in [2.24, 2.45) is 51.5 Å². The Kier molecular flexibility index (Phi) is 17.2. The third-order valence-corrected chi connectivity index (χ3v) is 16.0. The van der Waals surface area contributed by atoms with Crippen LogP contribution in [0, 0.1) is 35.0 Å². The second kappa shape index (κ2) is 22.8. The molecule has 12 nitrogen and oxygen atoms in total. The minimum atomic E-state index is -0.886. The molecule has 3 fully saturated rings. The fourth-order valence-corrected chi connectivity index (χ4v) is 12.6. The van der Waals surface area contributed by atoms with Gasteiger partial charge in [0, 0.05) is 68.4 Å². The Bertz CT molecular complexity index is 1940. The molecule has 7 rings (SSSR count). The summed E-state index contributed by atoms with van der Waals surface area (Å²) in [5, 5.41) is 49.4. The first-order chi connectivity index (χ1) is 30.9. The van der Waals surface area contributed by atoms with Gasteiger partial charge in [-0.3, -0.25) is 4.99 Å². The number of nitrogens with zero attached hydrogens (tertiary/aromatic N) is 1. The molecule has 0 aliphatic heterocycles. The fourth-order valence-electron chi connectivity index (χ4n) is 12.6. The lowest BCUT2D eigenvalue weighted by Crippen LogP contribution is -2.36. The molecule has 2 aromatic heterocycles. The van der Waals surface area contributed by atoms with Crippen LogP contribution >= 0.6 is 0 Å². The molecule has 0 saturated heterocycles. The molecule has 356 valence electrons. The normalized spacial score (nSPS) is 25.8. The van der Waals surface area contributed by atoms with Crippen molar-refractivity contribution in [3.05, 3.63) is 69.9 Å². The van der Waals surface area contributed by atoms with E-state index >= 15 is 0 Å². The summed E-state index contributed by atoms with van der Waals surface area (Å²) in [6, 6.07) is 9.88. The number of aliphatic hydroxyl groups is 3. The van der Waals surface area contributed by atoms with Gasteiger partial charge in [-0.15, -0.1) is 0 Å². The van der Waals surface area contributed by atoms with Gasteiger partial charge in [-0.1, -0.05) is 45.1 Å². The maximum atomic E-state index is 11.6. The summed E-state index contributed by atoms with van der Waals surface area (Å²) < 4.78 is 12.5. The van der Waals surface area contributed by atoms with E-state index in [1.54, 1.807) is 13.1 Å². The predicted octanol–water partition coefficient (Wildman–Crippen LogP) is 7.70. The summed E-state index contributed by atoms with van der Waals surface area (Å²) in [6.45, 7) is 6.31. The summed E-state index contributed by atoms with van der Waals surface area (Å²) in [5.74, 6) is 6.15. The number of unbranched alkanes of at least 4 members (excludes halogenated alkanes) is 1. The third-order valence-electron chi connectivity index (χ3n) is 16.0. The lowest BCUT2D eigenvalue weighted by atomic mass is 9.66. The molecule has 0 unspecified atom stereocenters. The number of phenols is 1. The number of benzene rings is 1. The first kappa shape index (κ1) is 48.4. The minimum Gasteiger partial charge on any atom is -0.504 e. The molecule has 0 amide bonds.